The van der Waals surface area contributed by atoms with Crippen LogP contribution in [0.1, 0.15) is 36.0 Å². The van der Waals surface area contributed by atoms with Crippen LogP contribution in [0, 0.1) is 0 Å². The Morgan fingerprint density at radius 2 is 1.86 bits per heavy atom. The van der Waals surface area contributed by atoms with E-state index in [4.69, 9.17) is 0 Å². The van der Waals surface area contributed by atoms with Gasteiger partial charge in [0, 0.05) is 5.39 Å². The van der Waals surface area contributed by atoms with Gasteiger partial charge in [0.05, 0.1) is 17.7 Å². The summed E-state index contributed by atoms with van der Waals surface area (Å²) in [6.07, 6.45) is 3.00. The fraction of sp³-hybridized carbons (Fsp3) is 0.353. The molecule has 4 nitrogen and oxygen atoms in total. The van der Waals surface area contributed by atoms with Crippen molar-refractivity contribution in [2.45, 2.75) is 37.8 Å². The number of hydrogen-bond acceptors (Lipinski definition) is 3. The summed E-state index contributed by atoms with van der Waals surface area (Å²) in [6.45, 7) is 0. The van der Waals surface area contributed by atoms with E-state index in [1.807, 2.05) is 24.3 Å². The van der Waals surface area contributed by atoms with Gasteiger partial charge in [-0.1, -0.05) is 43.2 Å². The predicted molar refractivity (Wildman–Crippen MR) is 81.3 cm³/mol. The SMILES string of the molecule is O=C(N[C@@H]1CCCC[C@H]1O)c1ccc2ccccc2c1O. The van der Waals surface area contributed by atoms with Crippen LogP contribution in [0.4, 0.5) is 0 Å². The fourth-order valence-electron chi connectivity index (χ4n) is 2.96. The number of aliphatic hydroxyl groups is 1. The molecule has 1 aliphatic rings. The molecule has 2 aromatic carbocycles. The summed E-state index contributed by atoms with van der Waals surface area (Å²) >= 11 is 0. The van der Waals surface area contributed by atoms with Gasteiger partial charge in [-0.3, -0.25) is 4.79 Å². The Kier molecular flexibility index (Phi) is 3.80. The maximum Gasteiger partial charge on any atom is 0.255 e. The van der Waals surface area contributed by atoms with Crippen molar-refractivity contribution in [3.63, 3.8) is 0 Å². The maximum absolute atomic E-state index is 12.3. The number of aromatic hydroxyl groups is 1. The summed E-state index contributed by atoms with van der Waals surface area (Å²) in [4.78, 5) is 12.3. The van der Waals surface area contributed by atoms with Gasteiger partial charge in [0.15, 0.2) is 0 Å². The van der Waals surface area contributed by atoms with Crippen LogP contribution in [0.25, 0.3) is 10.8 Å². The van der Waals surface area contributed by atoms with Crippen molar-refractivity contribution >= 4 is 16.7 Å². The van der Waals surface area contributed by atoms with E-state index in [1.54, 1.807) is 12.1 Å². The van der Waals surface area contributed by atoms with Gasteiger partial charge in [0.2, 0.25) is 0 Å². The molecule has 0 saturated heterocycles. The average molecular weight is 285 g/mol. The zero-order valence-corrected chi connectivity index (χ0v) is 11.7. The monoisotopic (exact) mass is 285 g/mol. The molecule has 0 bridgehead atoms. The number of phenolic OH excluding ortho intramolecular Hbond substituents is 1. The lowest BCUT2D eigenvalue weighted by Gasteiger charge is -2.28. The van der Waals surface area contributed by atoms with Gasteiger partial charge in [-0.25, -0.2) is 0 Å². The van der Waals surface area contributed by atoms with Crippen molar-refractivity contribution in [3.8, 4) is 5.75 Å². The summed E-state index contributed by atoms with van der Waals surface area (Å²) in [6, 6.07) is 10.6. The van der Waals surface area contributed by atoms with Crippen LogP contribution in [0.15, 0.2) is 36.4 Å². The molecule has 21 heavy (non-hydrogen) atoms. The fourth-order valence-corrected chi connectivity index (χ4v) is 2.96. The van der Waals surface area contributed by atoms with Crippen LogP contribution in [0.5, 0.6) is 5.75 Å². The van der Waals surface area contributed by atoms with Gasteiger partial charge in [0.1, 0.15) is 5.75 Å². The smallest absolute Gasteiger partial charge is 0.255 e. The van der Waals surface area contributed by atoms with Crippen molar-refractivity contribution in [3.05, 3.63) is 42.0 Å². The highest BCUT2D eigenvalue weighted by Gasteiger charge is 2.25. The Bertz CT molecular complexity index is 668. The molecule has 0 unspecified atom stereocenters. The van der Waals surface area contributed by atoms with Gasteiger partial charge >= 0.3 is 0 Å². The summed E-state index contributed by atoms with van der Waals surface area (Å²) < 4.78 is 0. The Morgan fingerprint density at radius 3 is 2.67 bits per heavy atom. The van der Waals surface area contributed by atoms with E-state index in [9.17, 15) is 15.0 Å². The van der Waals surface area contributed by atoms with E-state index in [1.165, 1.54) is 0 Å². The first kappa shape index (κ1) is 13.9. The summed E-state index contributed by atoms with van der Waals surface area (Å²) in [5, 5.41) is 24.6. The van der Waals surface area contributed by atoms with Gasteiger partial charge in [-0.15, -0.1) is 0 Å². The van der Waals surface area contributed by atoms with Gasteiger partial charge in [-0.05, 0) is 24.3 Å². The molecule has 4 heteroatoms. The van der Waals surface area contributed by atoms with Crippen molar-refractivity contribution in [1.29, 1.82) is 0 Å². The standard InChI is InChI=1S/C17H19NO3/c19-15-8-4-3-7-14(15)18-17(21)13-10-9-11-5-1-2-6-12(11)16(13)20/h1-2,5-6,9-10,14-15,19-20H,3-4,7-8H2,(H,18,21)/t14-,15-/m1/s1. The third kappa shape index (κ3) is 2.72. The topological polar surface area (TPSA) is 69.6 Å². The molecule has 0 aliphatic heterocycles. The molecule has 1 aliphatic carbocycles. The molecule has 0 radical (unpaired) electrons. The van der Waals surface area contributed by atoms with Crippen LogP contribution in [-0.4, -0.2) is 28.3 Å². The molecule has 2 atom stereocenters. The Balaban J connectivity index is 1.86. The van der Waals surface area contributed by atoms with E-state index in [2.05, 4.69) is 5.32 Å². The normalized spacial score (nSPS) is 22.1. The van der Waals surface area contributed by atoms with Crippen LogP contribution >= 0.6 is 0 Å². The van der Waals surface area contributed by atoms with Crippen molar-refractivity contribution in [1.82, 2.24) is 5.32 Å². The molecule has 1 saturated carbocycles. The third-order valence-electron chi connectivity index (χ3n) is 4.19. The number of aliphatic hydroxyl groups excluding tert-OH is 1. The van der Waals surface area contributed by atoms with E-state index < -0.39 is 6.10 Å². The molecule has 3 rings (SSSR count). The lowest BCUT2D eigenvalue weighted by molar-refractivity contribution is 0.0715. The third-order valence-corrected chi connectivity index (χ3v) is 4.19. The number of rotatable bonds is 2. The van der Waals surface area contributed by atoms with Gasteiger partial charge in [0.25, 0.3) is 5.91 Å². The number of benzene rings is 2. The highest BCUT2D eigenvalue weighted by atomic mass is 16.3. The number of hydrogen-bond donors (Lipinski definition) is 3. The molecule has 0 aromatic heterocycles. The minimum Gasteiger partial charge on any atom is -0.506 e. The van der Waals surface area contributed by atoms with Crippen LogP contribution in [0.2, 0.25) is 0 Å². The van der Waals surface area contributed by atoms with Crippen LogP contribution in [-0.2, 0) is 0 Å². The van der Waals surface area contributed by atoms with Crippen molar-refractivity contribution in [2.24, 2.45) is 0 Å². The summed E-state index contributed by atoms with van der Waals surface area (Å²) in [7, 11) is 0. The zero-order chi connectivity index (χ0) is 14.8. The second-order valence-electron chi connectivity index (χ2n) is 5.61. The first-order valence-electron chi connectivity index (χ1n) is 7.36. The number of nitrogens with one attached hydrogen (secondary N) is 1. The second kappa shape index (κ2) is 5.74. The molecule has 2 aromatic rings. The number of carbonyl (C=O) groups is 1. The van der Waals surface area contributed by atoms with E-state index in [0.717, 1.165) is 24.6 Å². The molecule has 0 spiro atoms. The second-order valence-corrected chi connectivity index (χ2v) is 5.61. The van der Waals surface area contributed by atoms with E-state index in [0.29, 0.717) is 11.8 Å². The first-order chi connectivity index (χ1) is 10.2. The molecular weight excluding hydrogens is 266 g/mol. The zero-order valence-electron chi connectivity index (χ0n) is 11.7. The molecule has 1 amide bonds. The Labute approximate surface area is 123 Å². The molecule has 0 heterocycles. The first-order valence-corrected chi connectivity index (χ1v) is 7.36. The lowest BCUT2D eigenvalue weighted by atomic mass is 9.92. The largest absolute Gasteiger partial charge is 0.506 e. The number of phenols is 1. The van der Waals surface area contributed by atoms with Crippen LogP contribution in [0.3, 0.4) is 0 Å². The number of fused-ring (bicyclic) bond motifs is 1. The highest BCUT2D eigenvalue weighted by Crippen LogP contribution is 2.29. The molecule has 3 N–H and O–H groups in total. The highest BCUT2D eigenvalue weighted by molar-refractivity contribution is 6.03. The van der Waals surface area contributed by atoms with Gasteiger partial charge in [-0.2, -0.15) is 0 Å². The number of amides is 1. The minimum absolute atomic E-state index is 0.00380. The maximum atomic E-state index is 12.3. The molecule has 1 fully saturated rings. The Hall–Kier alpha value is -2.07. The molecule has 110 valence electrons. The Morgan fingerprint density at radius 1 is 1.10 bits per heavy atom. The molecular formula is C17H19NO3. The average Bonchev–Trinajstić information content (AvgIpc) is 2.50. The quantitative estimate of drug-likeness (QED) is 0.794. The summed E-state index contributed by atoms with van der Waals surface area (Å²) in [5.41, 5.74) is 0.256. The van der Waals surface area contributed by atoms with Gasteiger partial charge < -0.3 is 15.5 Å². The predicted octanol–water partition coefficient (Wildman–Crippen LogP) is 2.58. The summed E-state index contributed by atoms with van der Waals surface area (Å²) in [5.74, 6) is -0.333. The minimum atomic E-state index is -0.495. The van der Waals surface area contributed by atoms with Crippen LogP contribution < -0.4 is 5.32 Å². The van der Waals surface area contributed by atoms with Crippen molar-refractivity contribution in [2.75, 3.05) is 0 Å². The number of carbonyl (C=O) groups excluding carboxylic acids is 1. The van der Waals surface area contributed by atoms with Crippen molar-refractivity contribution < 1.29 is 15.0 Å². The van der Waals surface area contributed by atoms with E-state index in [-0.39, 0.29) is 23.3 Å². The van der Waals surface area contributed by atoms with E-state index >= 15 is 0 Å². The lowest BCUT2D eigenvalue weighted by Crippen LogP contribution is -2.45.